The predicted molar refractivity (Wildman–Crippen MR) is 133 cm³/mol. The standard InChI is InChI=1S/C13H26.C7H6O2.C7H16O2/c1-5-9-12(7-3)11-13(8-4)10-6-2;8-7(9)6-4-2-1-3-5-6;1-3-4-7(9)5-6(2)8/h7,12-13H,3,5-6,8-11H2,1-2,4H3;1-5H,(H,8,9);6-9H,3-5H2,1-2H3. The van der Waals surface area contributed by atoms with Gasteiger partial charge in [-0.1, -0.05) is 84.1 Å². The van der Waals surface area contributed by atoms with Crippen molar-refractivity contribution in [3.63, 3.8) is 0 Å². The third-order valence-electron chi connectivity index (χ3n) is 5.16. The minimum absolute atomic E-state index is 0.310. The molecule has 0 aliphatic rings. The third-order valence-corrected chi connectivity index (χ3v) is 5.16. The van der Waals surface area contributed by atoms with Crippen molar-refractivity contribution >= 4 is 5.97 Å². The zero-order valence-electron chi connectivity index (χ0n) is 20.6. The highest BCUT2D eigenvalue weighted by atomic mass is 16.4. The molecule has 0 aromatic heterocycles. The monoisotopic (exact) mass is 436 g/mol. The Morgan fingerprint density at radius 3 is 1.84 bits per heavy atom. The van der Waals surface area contributed by atoms with E-state index >= 15 is 0 Å². The minimum atomic E-state index is -0.879. The van der Waals surface area contributed by atoms with Gasteiger partial charge in [0.15, 0.2) is 0 Å². The molecule has 0 bridgehead atoms. The average Bonchev–Trinajstić information content (AvgIpc) is 2.74. The van der Waals surface area contributed by atoms with Crippen molar-refractivity contribution in [3.8, 4) is 0 Å². The summed E-state index contributed by atoms with van der Waals surface area (Å²) in [7, 11) is 0. The maximum atomic E-state index is 10.2. The first-order valence-electron chi connectivity index (χ1n) is 12.0. The number of aromatic carboxylic acids is 1. The van der Waals surface area contributed by atoms with Gasteiger partial charge in [0.2, 0.25) is 0 Å². The Balaban J connectivity index is 0. The number of benzene rings is 1. The molecule has 0 spiro atoms. The second-order valence-corrected chi connectivity index (χ2v) is 8.28. The molecule has 0 saturated heterocycles. The summed E-state index contributed by atoms with van der Waals surface area (Å²) in [5.41, 5.74) is 0.331. The van der Waals surface area contributed by atoms with Gasteiger partial charge in [-0.05, 0) is 56.6 Å². The molecular formula is C27H48O4. The Kier molecular flexibility index (Phi) is 21.9. The van der Waals surface area contributed by atoms with Gasteiger partial charge in [-0.25, -0.2) is 4.79 Å². The molecule has 180 valence electrons. The van der Waals surface area contributed by atoms with E-state index in [1.54, 1.807) is 37.3 Å². The van der Waals surface area contributed by atoms with Crippen LogP contribution in [-0.2, 0) is 0 Å². The van der Waals surface area contributed by atoms with Crippen LogP contribution in [0.1, 0.15) is 103 Å². The number of carbonyl (C=O) groups is 1. The summed E-state index contributed by atoms with van der Waals surface area (Å²) >= 11 is 0. The number of carboxylic acid groups (broad SMARTS) is 1. The van der Waals surface area contributed by atoms with E-state index in [0.717, 1.165) is 24.7 Å². The first-order chi connectivity index (χ1) is 14.7. The summed E-state index contributed by atoms with van der Waals surface area (Å²) in [5, 5.41) is 26.2. The SMILES string of the molecule is C=CC(CCC)CC(CC)CCC.CCCC(O)CC(C)O.O=C(O)c1ccccc1. The Morgan fingerprint density at radius 2 is 1.48 bits per heavy atom. The molecule has 4 atom stereocenters. The van der Waals surface area contributed by atoms with Gasteiger partial charge in [-0.3, -0.25) is 0 Å². The van der Waals surface area contributed by atoms with Gasteiger partial charge in [0.25, 0.3) is 0 Å². The van der Waals surface area contributed by atoms with Crippen LogP contribution in [0.2, 0.25) is 0 Å². The molecule has 4 heteroatoms. The molecule has 0 aliphatic carbocycles. The lowest BCUT2D eigenvalue weighted by Gasteiger charge is -2.19. The van der Waals surface area contributed by atoms with Gasteiger partial charge in [0.05, 0.1) is 17.8 Å². The quantitative estimate of drug-likeness (QED) is 0.288. The van der Waals surface area contributed by atoms with Crippen molar-refractivity contribution in [2.75, 3.05) is 0 Å². The summed E-state index contributed by atoms with van der Waals surface area (Å²) in [5.74, 6) is 0.816. The summed E-state index contributed by atoms with van der Waals surface area (Å²) < 4.78 is 0. The highest BCUT2D eigenvalue weighted by Crippen LogP contribution is 2.24. The fraction of sp³-hybridized carbons (Fsp3) is 0.667. The second kappa shape index (κ2) is 21.6. The molecule has 0 saturated carbocycles. The van der Waals surface area contributed by atoms with Crippen LogP contribution in [0.25, 0.3) is 0 Å². The van der Waals surface area contributed by atoms with Crippen LogP contribution >= 0.6 is 0 Å². The van der Waals surface area contributed by atoms with Crippen molar-refractivity contribution < 1.29 is 20.1 Å². The summed E-state index contributed by atoms with van der Waals surface area (Å²) in [4.78, 5) is 10.2. The van der Waals surface area contributed by atoms with Gasteiger partial charge >= 0.3 is 5.97 Å². The summed E-state index contributed by atoms with van der Waals surface area (Å²) in [6, 6.07) is 8.30. The fourth-order valence-electron chi connectivity index (χ4n) is 3.45. The zero-order valence-corrected chi connectivity index (χ0v) is 20.6. The molecule has 1 rings (SSSR count). The van der Waals surface area contributed by atoms with Crippen molar-refractivity contribution in [2.24, 2.45) is 11.8 Å². The average molecular weight is 437 g/mol. The van der Waals surface area contributed by atoms with E-state index in [1.165, 1.54) is 38.5 Å². The van der Waals surface area contributed by atoms with E-state index in [0.29, 0.717) is 12.0 Å². The van der Waals surface area contributed by atoms with Gasteiger partial charge in [-0.2, -0.15) is 0 Å². The lowest BCUT2D eigenvalue weighted by molar-refractivity contribution is 0.0696. The topological polar surface area (TPSA) is 77.8 Å². The summed E-state index contributed by atoms with van der Waals surface area (Å²) in [6.45, 7) is 14.5. The van der Waals surface area contributed by atoms with E-state index in [2.05, 4.69) is 33.4 Å². The van der Waals surface area contributed by atoms with Crippen molar-refractivity contribution in [1.82, 2.24) is 0 Å². The van der Waals surface area contributed by atoms with Crippen molar-refractivity contribution in [3.05, 3.63) is 48.6 Å². The smallest absolute Gasteiger partial charge is 0.335 e. The molecule has 0 aliphatic heterocycles. The van der Waals surface area contributed by atoms with Crippen molar-refractivity contribution in [1.29, 1.82) is 0 Å². The number of hydrogen-bond acceptors (Lipinski definition) is 3. The molecular weight excluding hydrogens is 388 g/mol. The van der Waals surface area contributed by atoms with Crippen LogP contribution in [0, 0.1) is 11.8 Å². The Bertz CT molecular complexity index is 527. The molecule has 1 aromatic rings. The molecule has 0 heterocycles. The highest BCUT2D eigenvalue weighted by Gasteiger charge is 2.11. The Morgan fingerprint density at radius 1 is 0.935 bits per heavy atom. The molecule has 31 heavy (non-hydrogen) atoms. The lowest BCUT2D eigenvalue weighted by atomic mass is 9.87. The number of allylic oxidation sites excluding steroid dienone is 1. The van der Waals surface area contributed by atoms with E-state index in [-0.39, 0.29) is 12.2 Å². The molecule has 0 amide bonds. The van der Waals surface area contributed by atoms with Crippen LogP contribution in [0.5, 0.6) is 0 Å². The first kappa shape index (κ1) is 31.5. The number of carboxylic acids is 1. The van der Waals surface area contributed by atoms with Gasteiger partial charge in [0, 0.05) is 0 Å². The molecule has 1 aromatic carbocycles. The number of aliphatic hydroxyl groups is 2. The molecule has 4 unspecified atom stereocenters. The molecule has 4 nitrogen and oxygen atoms in total. The fourth-order valence-corrected chi connectivity index (χ4v) is 3.45. The highest BCUT2D eigenvalue weighted by molar-refractivity contribution is 5.87. The minimum Gasteiger partial charge on any atom is -0.478 e. The van der Waals surface area contributed by atoms with Crippen LogP contribution in [0.15, 0.2) is 43.0 Å². The maximum absolute atomic E-state index is 10.2. The number of aliphatic hydroxyl groups excluding tert-OH is 2. The van der Waals surface area contributed by atoms with E-state index in [9.17, 15) is 4.79 Å². The van der Waals surface area contributed by atoms with Crippen LogP contribution in [0.4, 0.5) is 0 Å². The molecule has 0 radical (unpaired) electrons. The van der Waals surface area contributed by atoms with E-state index in [4.69, 9.17) is 15.3 Å². The molecule has 0 fully saturated rings. The lowest BCUT2D eigenvalue weighted by Crippen LogP contribution is -2.13. The number of rotatable bonds is 13. The van der Waals surface area contributed by atoms with E-state index in [1.807, 2.05) is 6.92 Å². The van der Waals surface area contributed by atoms with Gasteiger partial charge < -0.3 is 15.3 Å². The molecule has 3 N–H and O–H groups in total. The van der Waals surface area contributed by atoms with Crippen molar-refractivity contribution in [2.45, 2.75) is 105 Å². The van der Waals surface area contributed by atoms with E-state index < -0.39 is 5.97 Å². The maximum Gasteiger partial charge on any atom is 0.335 e. The Labute approximate surface area is 191 Å². The third kappa shape index (κ3) is 20.0. The van der Waals surface area contributed by atoms with Crippen LogP contribution < -0.4 is 0 Å². The predicted octanol–water partition coefficient (Wildman–Crippen LogP) is 7.11. The second-order valence-electron chi connectivity index (χ2n) is 8.28. The number of hydrogen-bond donors (Lipinski definition) is 3. The first-order valence-corrected chi connectivity index (χ1v) is 12.0. The zero-order chi connectivity index (χ0) is 24.1. The normalized spacial score (nSPS) is 14.0. The van der Waals surface area contributed by atoms with Gasteiger partial charge in [-0.15, -0.1) is 6.58 Å². The summed E-state index contributed by atoms with van der Waals surface area (Å²) in [6.07, 6.45) is 11.8. The van der Waals surface area contributed by atoms with Crippen LogP contribution in [-0.4, -0.2) is 33.5 Å². The largest absolute Gasteiger partial charge is 0.478 e. The van der Waals surface area contributed by atoms with Gasteiger partial charge in [0.1, 0.15) is 0 Å². The van der Waals surface area contributed by atoms with Crippen LogP contribution in [0.3, 0.4) is 0 Å². The Hall–Kier alpha value is -1.65.